The van der Waals surface area contributed by atoms with Crippen molar-refractivity contribution < 1.29 is 8.78 Å². The number of halogens is 2. The van der Waals surface area contributed by atoms with Gasteiger partial charge in [0.25, 0.3) is 0 Å². The highest BCUT2D eigenvalue weighted by Crippen LogP contribution is 2.36. The average Bonchev–Trinajstić information content (AvgIpc) is 2.19. The first-order valence-electron chi connectivity index (χ1n) is 5.83. The van der Waals surface area contributed by atoms with E-state index < -0.39 is 11.6 Å². The highest BCUT2D eigenvalue weighted by Gasteiger charge is 2.18. The van der Waals surface area contributed by atoms with Gasteiger partial charge in [0.2, 0.25) is 0 Å². The average molecular weight is 234 g/mol. The fraction of sp³-hybridized carbons (Fsp3) is 0.333. The minimum absolute atomic E-state index is 0.485. The highest BCUT2D eigenvalue weighted by atomic mass is 19.1. The highest BCUT2D eigenvalue weighted by molar-refractivity contribution is 5.82. The van der Waals surface area contributed by atoms with Crippen molar-refractivity contribution in [3.8, 4) is 0 Å². The normalized spacial score (nSPS) is 20.5. The van der Waals surface area contributed by atoms with E-state index in [0.717, 1.165) is 23.6 Å². The fourth-order valence-corrected chi connectivity index (χ4v) is 2.63. The fourth-order valence-electron chi connectivity index (χ4n) is 2.63. The van der Waals surface area contributed by atoms with Gasteiger partial charge in [0, 0.05) is 11.6 Å². The van der Waals surface area contributed by atoms with Crippen LogP contribution in [-0.2, 0) is 0 Å². The lowest BCUT2D eigenvalue weighted by Crippen LogP contribution is -2.05. The van der Waals surface area contributed by atoms with Crippen LogP contribution in [0.5, 0.6) is 0 Å². The van der Waals surface area contributed by atoms with Crippen LogP contribution >= 0.6 is 0 Å². The number of hydrogen-bond acceptors (Lipinski definition) is 0. The zero-order valence-corrected chi connectivity index (χ0v) is 10.3. The predicted molar refractivity (Wildman–Crippen MR) is 66.5 cm³/mol. The van der Waals surface area contributed by atoms with Gasteiger partial charge in [-0.25, -0.2) is 8.78 Å². The van der Waals surface area contributed by atoms with Crippen molar-refractivity contribution in [2.24, 2.45) is 5.92 Å². The van der Waals surface area contributed by atoms with Gasteiger partial charge in [-0.2, -0.15) is 0 Å². The molecular weight excluding hydrogens is 218 g/mol. The van der Waals surface area contributed by atoms with Gasteiger partial charge in [-0.05, 0) is 49.5 Å². The summed E-state index contributed by atoms with van der Waals surface area (Å²) in [6.45, 7) is 6.15. The number of hydrogen-bond donors (Lipinski definition) is 0. The largest absolute Gasteiger partial charge is 0.207 e. The van der Waals surface area contributed by atoms with Crippen molar-refractivity contribution in [3.05, 3.63) is 52.6 Å². The van der Waals surface area contributed by atoms with Crippen molar-refractivity contribution in [2.45, 2.75) is 27.2 Å². The molecule has 0 N–H and O–H groups in total. The molecule has 1 aliphatic carbocycles. The van der Waals surface area contributed by atoms with Gasteiger partial charge in [-0.15, -0.1) is 0 Å². The lowest BCUT2D eigenvalue weighted by atomic mass is 9.83. The van der Waals surface area contributed by atoms with Crippen molar-refractivity contribution >= 4 is 5.57 Å². The second-order valence-corrected chi connectivity index (χ2v) is 4.81. The molecular formula is C15H16F2. The van der Waals surface area contributed by atoms with Crippen LogP contribution in [0, 0.1) is 17.6 Å². The second-order valence-electron chi connectivity index (χ2n) is 4.81. The quantitative estimate of drug-likeness (QED) is 0.659. The van der Waals surface area contributed by atoms with E-state index in [4.69, 9.17) is 0 Å². The third-order valence-corrected chi connectivity index (χ3v) is 3.18. The second kappa shape index (κ2) is 4.44. The van der Waals surface area contributed by atoms with E-state index in [9.17, 15) is 8.78 Å². The van der Waals surface area contributed by atoms with Crippen LogP contribution in [0.25, 0.3) is 5.57 Å². The molecule has 0 spiro atoms. The maximum Gasteiger partial charge on any atom is 0.133 e. The Labute approximate surface area is 101 Å². The molecule has 0 aliphatic heterocycles. The summed E-state index contributed by atoms with van der Waals surface area (Å²) >= 11 is 0. The summed E-state index contributed by atoms with van der Waals surface area (Å²) in [4.78, 5) is 0. The monoisotopic (exact) mass is 234 g/mol. The van der Waals surface area contributed by atoms with Gasteiger partial charge < -0.3 is 0 Å². The Hall–Kier alpha value is -1.44. The lowest BCUT2D eigenvalue weighted by molar-refractivity contribution is 0.580. The molecule has 0 saturated carbocycles. The van der Waals surface area contributed by atoms with Crippen molar-refractivity contribution in [2.75, 3.05) is 0 Å². The van der Waals surface area contributed by atoms with E-state index in [-0.39, 0.29) is 0 Å². The number of benzene rings is 1. The Morgan fingerprint density at radius 1 is 1.18 bits per heavy atom. The van der Waals surface area contributed by atoms with Crippen LogP contribution < -0.4 is 0 Å². The molecule has 1 aromatic carbocycles. The molecule has 0 heterocycles. The summed E-state index contributed by atoms with van der Waals surface area (Å²) in [7, 11) is 0. The first-order valence-corrected chi connectivity index (χ1v) is 5.83. The first kappa shape index (κ1) is 12.0. The summed E-state index contributed by atoms with van der Waals surface area (Å²) in [5, 5.41) is 0. The van der Waals surface area contributed by atoms with E-state index in [2.05, 4.69) is 13.0 Å². The minimum Gasteiger partial charge on any atom is -0.207 e. The summed E-state index contributed by atoms with van der Waals surface area (Å²) in [5.74, 6) is -0.528. The lowest BCUT2D eigenvalue weighted by Gasteiger charge is -2.22. The van der Waals surface area contributed by atoms with E-state index in [1.54, 1.807) is 0 Å². The Bertz CT molecular complexity index is 510. The van der Waals surface area contributed by atoms with Crippen molar-refractivity contribution in [1.82, 2.24) is 0 Å². The zero-order valence-electron chi connectivity index (χ0n) is 10.3. The number of allylic oxidation sites excluding steroid dienone is 4. The molecule has 0 saturated heterocycles. The van der Waals surface area contributed by atoms with Gasteiger partial charge in [-0.1, -0.05) is 18.6 Å². The number of rotatable bonds is 1. The predicted octanol–water partition coefficient (Wildman–Crippen LogP) is 4.72. The molecule has 0 radical (unpaired) electrons. The molecule has 2 heteroatoms. The third-order valence-electron chi connectivity index (χ3n) is 3.18. The molecule has 1 atom stereocenters. The van der Waals surface area contributed by atoms with E-state index >= 15 is 0 Å². The van der Waals surface area contributed by atoms with E-state index in [1.165, 1.54) is 17.7 Å². The summed E-state index contributed by atoms with van der Waals surface area (Å²) in [6, 6.07) is 3.78. The SMILES string of the molecule is CC1=CC(C)CC(C)=C1c1ccc(F)cc1F. The van der Waals surface area contributed by atoms with Crippen LogP contribution in [0.15, 0.2) is 35.4 Å². The third kappa shape index (κ3) is 2.31. The molecule has 2 rings (SSSR count). The maximum atomic E-state index is 13.8. The van der Waals surface area contributed by atoms with Gasteiger partial charge >= 0.3 is 0 Å². The molecule has 0 fully saturated rings. The van der Waals surface area contributed by atoms with Crippen LogP contribution in [0.3, 0.4) is 0 Å². The van der Waals surface area contributed by atoms with Gasteiger partial charge in [0.1, 0.15) is 11.6 Å². The van der Waals surface area contributed by atoms with E-state index in [1.807, 2.05) is 13.8 Å². The van der Waals surface area contributed by atoms with Crippen LogP contribution in [0.2, 0.25) is 0 Å². The zero-order chi connectivity index (χ0) is 12.6. The maximum absolute atomic E-state index is 13.8. The smallest absolute Gasteiger partial charge is 0.133 e. The van der Waals surface area contributed by atoms with Crippen LogP contribution in [0.4, 0.5) is 8.78 Å². The molecule has 1 aromatic rings. The molecule has 17 heavy (non-hydrogen) atoms. The van der Waals surface area contributed by atoms with Gasteiger partial charge in [0.05, 0.1) is 0 Å². The molecule has 90 valence electrons. The summed E-state index contributed by atoms with van der Waals surface area (Å²) in [5.41, 5.74) is 3.68. The minimum atomic E-state index is -0.532. The summed E-state index contributed by atoms with van der Waals surface area (Å²) in [6.07, 6.45) is 3.08. The topological polar surface area (TPSA) is 0 Å². The summed E-state index contributed by atoms with van der Waals surface area (Å²) < 4.78 is 26.7. The van der Waals surface area contributed by atoms with Gasteiger partial charge in [0.15, 0.2) is 0 Å². The molecule has 0 bridgehead atoms. The Balaban J connectivity index is 2.53. The van der Waals surface area contributed by atoms with Crippen molar-refractivity contribution in [3.63, 3.8) is 0 Å². The first-order chi connectivity index (χ1) is 7.99. The molecule has 1 unspecified atom stereocenters. The Morgan fingerprint density at radius 2 is 1.88 bits per heavy atom. The Kier molecular flexibility index (Phi) is 3.14. The van der Waals surface area contributed by atoms with Crippen LogP contribution in [-0.4, -0.2) is 0 Å². The molecule has 0 nitrogen and oxygen atoms in total. The molecule has 0 amide bonds. The standard InChI is InChI=1S/C15H16F2/c1-9-6-10(2)15(11(3)7-9)13-5-4-12(16)8-14(13)17/h4-6,8-9H,7H2,1-3H3. The molecule has 1 aliphatic rings. The van der Waals surface area contributed by atoms with E-state index in [0.29, 0.717) is 11.5 Å². The van der Waals surface area contributed by atoms with Crippen molar-refractivity contribution in [1.29, 1.82) is 0 Å². The molecule has 0 aromatic heterocycles. The van der Waals surface area contributed by atoms with Crippen LogP contribution in [0.1, 0.15) is 32.8 Å². The van der Waals surface area contributed by atoms with Gasteiger partial charge in [-0.3, -0.25) is 0 Å². The Morgan fingerprint density at radius 3 is 2.47 bits per heavy atom.